The zero-order valence-electron chi connectivity index (χ0n) is 32.5. The molecule has 296 valence electrons. The average Bonchev–Trinajstić information content (AvgIpc) is 3.29. The highest BCUT2D eigenvalue weighted by Gasteiger charge is 2.50. The fourth-order valence-electron chi connectivity index (χ4n) is 9.66. The third kappa shape index (κ3) is 8.09. The number of allylic oxidation sites excluding steroid dienone is 1. The number of nitrogens with one attached hydrogen (secondary N) is 1. The van der Waals surface area contributed by atoms with Gasteiger partial charge in [-0.05, 0) is 113 Å². The Kier molecular flexibility index (Phi) is 12.0. The fourth-order valence-corrected chi connectivity index (χ4v) is 10.5. The molecule has 1 saturated carbocycles. The number of rotatable bonds is 12. The highest BCUT2D eigenvalue weighted by Crippen LogP contribution is 2.49. The van der Waals surface area contributed by atoms with Crippen molar-refractivity contribution in [1.29, 1.82) is 0 Å². The van der Waals surface area contributed by atoms with Crippen LogP contribution >= 0.6 is 11.6 Å². The molecule has 1 N–H and O–H groups in total. The van der Waals surface area contributed by atoms with Crippen LogP contribution in [0, 0.1) is 11.8 Å². The quantitative estimate of drug-likeness (QED) is 0.258. The third-order valence-electron chi connectivity index (χ3n) is 12.7. The number of sulfonamides is 1. The smallest absolute Gasteiger partial charge is 0.264 e. The minimum atomic E-state index is -3.81. The van der Waals surface area contributed by atoms with Crippen LogP contribution in [0.5, 0.6) is 5.75 Å². The van der Waals surface area contributed by atoms with Gasteiger partial charge in [0.1, 0.15) is 11.4 Å². The molecule has 3 fully saturated rings. The SMILES string of the molecule is CC/C=C/[C@](CN1CCN2CCOC[C@@H]2C1)(OCC)[C@@H]1CC[C@H]1CN1C[C@@]2(CCCc3cc(Cl)ccc32)COc2ccc(C(=O)NS(=O)(=O)C(C)C)cc21. The van der Waals surface area contributed by atoms with Gasteiger partial charge in [0.05, 0.1) is 30.8 Å². The molecule has 5 atom stereocenters. The van der Waals surface area contributed by atoms with E-state index in [1.165, 1.54) is 11.1 Å². The molecule has 0 aromatic heterocycles. The first-order valence-corrected chi connectivity index (χ1v) is 22.1. The molecule has 1 spiro atoms. The van der Waals surface area contributed by atoms with Gasteiger partial charge in [0.2, 0.25) is 10.0 Å². The molecule has 2 aromatic carbocycles. The molecule has 12 heteroatoms. The Morgan fingerprint density at radius 1 is 1.15 bits per heavy atom. The molecule has 0 radical (unpaired) electrons. The van der Waals surface area contributed by atoms with Crippen molar-refractivity contribution < 1.29 is 27.4 Å². The number of carbonyl (C=O) groups excluding carboxylic acids is 1. The second-order valence-electron chi connectivity index (χ2n) is 16.5. The van der Waals surface area contributed by atoms with Crippen molar-refractivity contribution in [3.8, 4) is 5.75 Å². The van der Waals surface area contributed by atoms with Gasteiger partial charge in [0.15, 0.2) is 0 Å². The summed E-state index contributed by atoms with van der Waals surface area (Å²) in [6, 6.07) is 12.0. The Morgan fingerprint density at radius 3 is 2.76 bits per heavy atom. The highest BCUT2D eigenvalue weighted by molar-refractivity contribution is 7.90. The van der Waals surface area contributed by atoms with Crippen molar-refractivity contribution in [3.05, 3.63) is 70.3 Å². The summed E-state index contributed by atoms with van der Waals surface area (Å²) in [4.78, 5) is 21.1. The fraction of sp³-hybridized carbons (Fsp3) is 0.643. The number of hydrogen-bond acceptors (Lipinski definition) is 9. The van der Waals surface area contributed by atoms with E-state index in [2.05, 4.69) is 57.6 Å². The second kappa shape index (κ2) is 16.4. The molecule has 3 heterocycles. The van der Waals surface area contributed by atoms with Gasteiger partial charge in [0, 0.05) is 74.5 Å². The number of anilines is 1. The zero-order valence-corrected chi connectivity index (χ0v) is 34.1. The maximum Gasteiger partial charge on any atom is 0.264 e. The zero-order chi connectivity index (χ0) is 38.1. The van der Waals surface area contributed by atoms with Crippen molar-refractivity contribution in [3.63, 3.8) is 0 Å². The maximum absolute atomic E-state index is 13.5. The molecular weight excluding hydrogens is 724 g/mol. The van der Waals surface area contributed by atoms with Gasteiger partial charge in [-0.2, -0.15) is 0 Å². The van der Waals surface area contributed by atoms with E-state index >= 15 is 0 Å². The molecule has 2 aromatic rings. The summed E-state index contributed by atoms with van der Waals surface area (Å²) in [6.45, 7) is 16.5. The van der Waals surface area contributed by atoms with Gasteiger partial charge < -0.3 is 19.1 Å². The van der Waals surface area contributed by atoms with E-state index in [4.69, 9.17) is 25.8 Å². The van der Waals surface area contributed by atoms with Crippen LogP contribution in [0.3, 0.4) is 0 Å². The van der Waals surface area contributed by atoms with E-state index in [1.54, 1.807) is 19.9 Å². The van der Waals surface area contributed by atoms with Gasteiger partial charge in [0.25, 0.3) is 5.91 Å². The Bertz CT molecular complexity index is 1810. The van der Waals surface area contributed by atoms with Gasteiger partial charge in [-0.15, -0.1) is 0 Å². The van der Waals surface area contributed by atoms with Crippen LogP contribution in [0.2, 0.25) is 5.02 Å². The largest absolute Gasteiger partial charge is 0.490 e. The van der Waals surface area contributed by atoms with Crippen molar-refractivity contribution in [2.75, 3.05) is 77.1 Å². The van der Waals surface area contributed by atoms with Gasteiger partial charge >= 0.3 is 0 Å². The summed E-state index contributed by atoms with van der Waals surface area (Å²) in [7, 11) is -3.81. The molecular formula is C42H59ClN4O6S. The van der Waals surface area contributed by atoms with Crippen molar-refractivity contribution in [1.82, 2.24) is 14.5 Å². The summed E-state index contributed by atoms with van der Waals surface area (Å²) in [6.07, 6.45) is 10.7. The number of morpholine rings is 1. The van der Waals surface area contributed by atoms with E-state index in [-0.39, 0.29) is 5.41 Å². The van der Waals surface area contributed by atoms with Crippen LogP contribution in [0.25, 0.3) is 0 Å². The number of carbonyl (C=O) groups is 1. The standard InChI is InChI=1S/C42H59ClN4O6S/c1-5-7-17-42(53-6-2,28-45-18-19-46-20-21-51-26-35(46)25-45)37-13-10-33(37)24-47-27-41(16-8-9-31-22-34(43)12-14-36(31)41)29-52-39-15-11-32(23-38(39)47)40(48)44-54(49,50)30(3)4/h7,11-12,14-15,17,22-23,30,33,35,37H,5-6,8-10,13,16,18-21,24-29H2,1-4H3,(H,44,48)/b17-7+/t33-,35-,37+,41-,42+/m0/s1. The number of aryl methyl sites for hydroxylation is 1. The van der Waals surface area contributed by atoms with E-state index in [0.717, 1.165) is 102 Å². The molecule has 2 saturated heterocycles. The van der Waals surface area contributed by atoms with Gasteiger partial charge in [-0.3, -0.25) is 14.6 Å². The summed E-state index contributed by atoms with van der Waals surface area (Å²) < 4.78 is 47.3. The number of halogens is 1. The first kappa shape index (κ1) is 39.6. The minimum absolute atomic E-state index is 0.277. The highest BCUT2D eigenvalue weighted by atomic mass is 35.5. The van der Waals surface area contributed by atoms with E-state index in [9.17, 15) is 13.2 Å². The van der Waals surface area contributed by atoms with E-state index < -0.39 is 26.8 Å². The summed E-state index contributed by atoms with van der Waals surface area (Å²) in [5, 5.41) is 0.0132. The first-order valence-electron chi connectivity index (χ1n) is 20.2. The Morgan fingerprint density at radius 2 is 2.00 bits per heavy atom. The van der Waals surface area contributed by atoms with Gasteiger partial charge in [-0.1, -0.05) is 36.7 Å². The summed E-state index contributed by atoms with van der Waals surface area (Å²) >= 11 is 6.52. The lowest BCUT2D eigenvalue weighted by Crippen LogP contribution is -2.62. The van der Waals surface area contributed by atoms with Crippen LogP contribution in [0.15, 0.2) is 48.6 Å². The van der Waals surface area contributed by atoms with E-state index in [1.807, 2.05) is 18.2 Å². The van der Waals surface area contributed by atoms with Crippen LogP contribution < -0.4 is 14.4 Å². The first-order chi connectivity index (χ1) is 26.0. The Balaban J connectivity index is 1.22. The average molecular weight is 783 g/mol. The van der Waals surface area contributed by atoms with Crippen molar-refractivity contribution in [2.24, 2.45) is 11.8 Å². The maximum atomic E-state index is 13.5. The second-order valence-corrected chi connectivity index (χ2v) is 19.1. The lowest BCUT2D eigenvalue weighted by Gasteiger charge is -2.53. The molecule has 3 aliphatic heterocycles. The number of ether oxygens (including phenoxy) is 3. The molecule has 7 rings (SSSR count). The van der Waals surface area contributed by atoms with Crippen molar-refractivity contribution >= 4 is 33.2 Å². The molecule has 10 nitrogen and oxygen atoms in total. The number of nitrogens with zero attached hydrogens (tertiary/aromatic N) is 3. The number of fused-ring (bicyclic) bond motifs is 4. The van der Waals surface area contributed by atoms with Crippen LogP contribution in [-0.2, 0) is 31.3 Å². The molecule has 2 aliphatic carbocycles. The normalized spacial score (nSPS) is 27.4. The van der Waals surface area contributed by atoms with Gasteiger partial charge in [-0.25, -0.2) is 13.1 Å². The predicted molar refractivity (Wildman–Crippen MR) is 214 cm³/mol. The minimum Gasteiger partial charge on any atom is -0.490 e. The summed E-state index contributed by atoms with van der Waals surface area (Å²) in [5.74, 6) is 0.701. The Labute approximate surface area is 327 Å². The van der Waals surface area contributed by atoms with Crippen LogP contribution in [-0.4, -0.2) is 113 Å². The number of amides is 1. The van der Waals surface area contributed by atoms with Crippen LogP contribution in [0.4, 0.5) is 5.69 Å². The van der Waals surface area contributed by atoms with Crippen molar-refractivity contribution in [2.45, 2.75) is 88.5 Å². The predicted octanol–water partition coefficient (Wildman–Crippen LogP) is 6.07. The third-order valence-corrected chi connectivity index (χ3v) is 14.6. The number of hydrogen-bond donors (Lipinski definition) is 1. The monoisotopic (exact) mass is 782 g/mol. The Hall–Kier alpha value is -2.67. The lowest BCUT2D eigenvalue weighted by atomic mass is 9.63. The lowest BCUT2D eigenvalue weighted by molar-refractivity contribution is -0.121. The van der Waals surface area contributed by atoms with E-state index in [0.29, 0.717) is 48.9 Å². The molecule has 1 amide bonds. The van der Waals surface area contributed by atoms with Crippen LogP contribution in [0.1, 0.15) is 81.3 Å². The molecule has 0 bridgehead atoms. The summed E-state index contributed by atoms with van der Waals surface area (Å²) in [5.41, 5.74) is 2.96. The topological polar surface area (TPSA) is 101 Å². The number of benzene rings is 2. The molecule has 54 heavy (non-hydrogen) atoms. The number of piperazine rings is 1. The molecule has 0 unspecified atom stereocenters. The molecule has 5 aliphatic rings.